The van der Waals surface area contributed by atoms with E-state index in [9.17, 15) is 9.90 Å². The lowest BCUT2D eigenvalue weighted by Crippen LogP contribution is -2.34. The molecule has 2 aromatic rings. The van der Waals surface area contributed by atoms with Gasteiger partial charge in [0.25, 0.3) is 5.91 Å². The van der Waals surface area contributed by atoms with E-state index in [1.54, 1.807) is 0 Å². The number of aliphatic hydroxyl groups excluding tert-OH is 1. The van der Waals surface area contributed by atoms with Gasteiger partial charge >= 0.3 is 0 Å². The van der Waals surface area contributed by atoms with Crippen LogP contribution >= 0.6 is 0 Å². The molecule has 116 valence electrons. The number of fused-ring (bicyclic) bond motifs is 2. The number of aromatic nitrogens is 2. The Morgan fingerprint density at radius 2 is 2.32 bits per heavy atom. The summed E-state index contributed by atoms with van der Waals surface area (Å²) in [6.45, 7) is 3.61. The molecule has 5 nitrogen and oxygen atoms in total. The molecular formula is C17H21N3O2. The Hall–Kier alpha value is -1.88. The first kappa shape index (κ1) is 13.8. The van der Waals surface area contributed by atoms with Gasteiger partial charge in [0.2, 0.25) is 0 Å². The fourth-order valence-electron chi connectivity index (χ4n) is 4.26. The Kier molecular flexibility index (Phi) is 3.01. The van der Waals surface area contributed by atoms with E-state index >= 15 is 0 Å². The molecule has 22 heavy (non-hydrogen) atoms. The van der Waals surface area contributed by atoms with E-state index in [4.69, 9.17) is 0 Å². The molecule has 0 bridgehead atoms. The molecule has 1 aliphatic heterocycles. The van der Waals surface area contributed by atoms with Crippen LogP contribution in [0.3, 0.4) is 0 Å². The van der Waals surface area contributed by atoms with Gasteiger partial charge < -0.3 is 14.4 Å². The predicted octanol–water partition coefficient (Wildman–Crippen LogP) is 1.88. The number of carbonyl (C=O) groups is 1. The van der Waals surface area contributed by atoms with E-state index in [0.29, 0.717) is 18.0 Å². The zero-order chi connectivity index (χ0) is 15.3. The summed E-state index contributed by atoms with van der Waals surface area (Å²) in [7, 11) is 0. The molecule has 0 radical (unpaired) electrons. The van der Waals surface area contributed by atoms with Crippen molar-refractivity contribution in [3.63, 3.8) is 0 Å². The maximum Gasteiger partial charge on any atom is 0.255 e. The fraction of sp³-hybridized carbons (Fsp3) is 0.529. The van der Waals surface area contributed by atoms with Crippen LogP contribution in [0, 0.1) is 18.3 Å². The van der Waals surface area contributed by atoms with Crippen molar-refractivity contribution in [2.75, 3.05) is 19.7 Å². The maximum atomic E-state index is 12.8. The summed E-state index contributed by atoms with van der Waals surface area (Å²) in [4.78, 5) is 19.1. The van der Waals surface area contributed by atoms with Gasteiger partial charge in [-0.1, -0.05) is 6.42 Å². The number of rotatable bonds is 2. The number of pyridine rings is 1. The van der Waals surface area contributed by atoms with Crippen molar-refractivity contribution >= 4 is 11.6 Å². The molecule has 1 N–H and O–H groups in total. The Labute approximate surface area is 129 Å². The molecule has 2 aliphatic rings. The monoisotopic (exact) mass is 299 g/mol. The minimum atomic E-state index is -0.0502. The van der Waals surface area contributed by atoms with Crippen molar-refractivity contribution in [1.82, 2.24) is 14.3 Å². The second kappa shape index (κ2) is 4.81. The topological polar surface area (TPSA) is 57.8 Å². The van der Waals surface area contributed by atoms with E-state index < -0.39 is 0 Å². The molecule has 1 saturated heterocycles. The number of aliphatic hydroxyl groups is 1. The van der Waals surface area contributed by atoms with E-state index in [2.05, 4.69) is 4.98 Å². The van der Waals surface area contributed by atoms with E-state index in [0.717, 1.165) is 30.7 Å². The van der Waals surface area contributed by atoms with Crippen molar-refractivity contribution in [2.24, 2.45) is 11.3 Å². The first-order valence-corrected chi connectivity index (χ1v) is 7.97. The number of hydrogen-bond donors (Lipinski definition) is 1. The standard InChI is InChI=1S/C17H21N3O2/c1-12-7-19-8-13(4-5-15(19)18-12)16(22)20-9-14-3-2-6-17(14,10-20)11-21/h4-5,7-8,14,21H,2-3,6,9-11H2,1H3/t14-,17+/m0/s1. The van der Waals surface area contributed by atoms with Crippen LogP contribution in [0.4, 0.5) is 0 Å². The minimum absolute atomic E-state index is 0.0502. The lowest BCUT2D eigenvalue weighted by Gasteiger charge is -2.25. The summed E-state index contributed by atoms with van der Waals surface area (Å²) >= 11 is 0. The number of imidazole rings is 1. The van der Waals surface area contributed by atoms with Gasteiger partial charge in [0.15, 0.2) is 0 Å². The second-order valence-corrected chi connectivity index (χ2v) is 6.86. The Balaban J connectivity index is 1.61. The Morgan fingerprint density at radius 1 is 1.45 bits per heavy atom. The molecule has 0 aromatic carbocycles. The molecule has 1 amide bonds. The van der Waals surface area contributed by atoms with Gasteiger partial charge in [0.1, 0.15) is 5.65 Å². The number of likely N-dealkylation sites (tertiary alicyclic amines) is 1. The highest BCUT2D eigenvalue weighted by molar-refractivity contribution is 5.94. The fourth-order valence-corrected chi connectivity index (χ4v) is 4.26. The Bertz CT molecular complexity index is 739. The highest BCUT2D eigenvalue weighted by Crippen LogP contribution is 2.48. The van der Waals surface area contributed by atoms with Gasteiger partial charge in [-0.05, 0) is 37.8 Å². The maximum absolute atomic E-state index is 12.8. The zero-order valence-corrected chi connectivity index (χ0v) is 12.8. The third kappa shape index (κ3) is 1.96. The minimum Gasteiger partial charge on any atom is -0.396 e. The summed E-state index contributed by atoms with van der Waals surface area (Å²) in [5, 5.41) is 9.79. The van der Waals surface area contributed by atoms with Gasteiger partial charge in [-0.15, -0.1) is 0 Å². The highest BCUT2D eigenvalue weighted by atomic mass is 16.3. The average Bonchev–Trinajstić information content (AvgIpc) is 3.15. The molecule has 2 aromatic heterocycles. The van der Waals surface area contributed by atoms with Crippen LogP contribution in [-0.2, 0) is 0 Å². The van der Waals surface area contributed by atoms with Gasteiger partial charge in [-0.2, -0.15) is 0 Å². The van der Waals surface area contributed by atoms with Crippen LogP contribution in [0.1, 0.15) is 35.3 Å². The van der Waals surface area contributed by atoms with Crippen molar-refractivity contribution in [2.45, 2.75) is 26.2 Å². The molecule has 2 fully saturated rings. The van der Waals surface area contributed by atoms with Gasteiger partial charge in [-0.25, -0.2) is 4.98 Å². The van der Waals surface area contributed by atoms with E-state index in [-0.39, 0.29) is 17.9 Å². The van der Waals surface area contributed by atoms with Crippen LogP contribution in [-0.4, -0.2) is 45.0 Å². The molecular weight excluding hydrogens is 278 g/mol. The molecule has 1 aliphatic carbocycles. The third-order valence-electron chi connectivity index (χ3n) is 5.46. The quantitative estimate of drug-likeness (QED) is 0.921. The largest absolute Gasteiger partial charge is 0.396 e. The molecule has 0 unspecified atom stereocenters. The second-order valence-electron chi connectivity index (χ2n) is 6.86. The number of amides is 1. The number of hydrogen-bond acceptors (Lipinski definition) is 3. The summed E-state index contributed by atoms with van der Waals surface area (Å²) in [6, 6.07) is 3.74. The molecule has 5 heteroatoms. The van der Waals surface area contributed by atoms with Gasteiger partial charge in [-0.3, -0.25) is 4.79 Å². The SMILES string of the molecule is Cc1cn2cc(C(=O)N3C[C@@H]4CCC[C@]4(CO)C3)ccc2n1. The highest BCUT2D eigenvalue weighted by Gasteiger charge is 2.50. The number of aryl methyl sites for hydroxylation is 1. The van der Waals surface area contributed by atoms with Crippen molar-refractivity contribution in [1.29, 1.82) is 0 Å². The van der Waals surface area contributed by atoms with Crippen LogP contribution in [0.5, 0.6) is 0 Å². The molecule has 3 heterocycles. The first-order chi connectivity index (χ1) is 10.6. The van der Waals surface area contributed by atoms with Crippen LogP contribution in [0.2, 0.25) is 0 Å². The van der Waals surface area contributed by atoms with Gasteiger partial charge in [0, 0.05) is 30.9 Å². The smallest absolute Gasteiger partial charge is 0.255 e. The first-order valence-electron chi connectivity index (χ1n) is 7.97. The van der Waals surface area contributed by atoms with Crippen molar-refractivity contribution in [3.8, 4) is 0 Å². The summed E-state index contributed by atoms with van der Waals surface area (Å²) in [5.41, 5.74) is 2.45. The molecule has 4 rings (SSSR count). The number of nitrogens with zero attached hydrogens (tertiary/aromatic N) is 3. The van der Waals surface area contributed by atoms with Crippen LogP contribution in [0.25, 0.3) is 5.65 Å². The molecule has 2 atom stereocenters. The summed E-state index contributed by atoms with van der Waals surface area (Å²) < 4.78 is 1.90. The molecule has 1 saturated carbocycles. The van der Waals surface area contributed by atoms with Crippen molar-refractivity contribution < 1.29 is 9.90 Å². The van der Waals surface area contributed by atoms with E-state index in [1.165, 1.54) is 6.42 Å². The average molecular weight is 299 g/mol. The predicted molar refractivity (Wildman–Crippen MR) is 82.7 cm³/mol. The zero-order valence-electron chi connectivity index (χ0n) is 12.8. The normalized spacial score (nSPS) is 27.5. The Morgan fingerprint density at radius 3 is 3.09 bits per heavy atom. The lowest BCUT2D eigenvalue weighted by atomic mass is 9.82. The third-order valence-corrected chi connectivity index (χ3v) is 5.46. The lowest BCUT2D eigenvalue weighted by molar-refractivity contribution is 0.0734. The molecule has 0 spiro atoms. The van der Waals surface area contributed by atoms with Gasteiger partial charge in [0.05, 0.1) is 17.9 Å². The van der Waals surface area contributed by atoms with Crippen molar-refractivity contribution in [3.05, 3.63) is 35.8 Å². The van der Waals surface area contributed by atoms with E-state index in [1.807, 2.05) is 40.8 Å². The summed E-state index contributed by atoms with van der Waals surface area (Å²) in [6.07, 6.45) is 7.13. The van der Waals surface area contributed by atoms with Crippen LogP contribution < -0.4 is 0 Å². The number of carbonyl (C=O) groups excluding carboxylic acids is 1. The summed E-state index contributed by atoms with van der Waals surface area (Å²) in [5.74, 6) is 0.524. The van der Waals surface area contributed by atoms with Crippen LogP contribution in [0.15, 0.2) is 24.5 Å².